The van der Waals surface area contributed by atoms with Gasteiger partial charge >= 0.3 is 0 Å². The van der Waals surface area contributed by atoms with Gasteiger partial charge in [0.25, 0.3) is 0 Å². The summed E-state index contributed by atoms with van der Waals surface area (Å²) in [6.45, 7) is 2.09. The number of nitrogens with one attached hydrogen (secondary N) is 1. The summed E-state index contributed by atoms with van der Waals surface area (Å²) < 4.78 is 0. The first-order valence-electron chi connectivity index (χ1n) is 3.60. The van der Waals surface area contributed by atoms with Crippen molar-refractivity contribution < 1.29 is 0 Å². The van der Waals surface area contributed by atoms with Crippen LogP contribution in [0.2, 0.25) is 0 Å². The summed E-state index contributed by atoms with van der Waals surface area (Å²) in [5.41, 5.74) is 6.41. The third kappa shape index (κ3) is 3.56. The van der Waals surface area contributed by atoms with E-state index in [0.29, 0.717) is 0 Å². The quantitative estimate of drug-likeness (QED) is 0.550. The molecular weight excluding hydrogens is 123 g/mol. The summed E-state index contributed by atoms with van der Waals surface area (Å²) in [6, 6.07) is 0.0115. The van der Waals surface area contributed by atoms with Crippen LogP contribution in [0.25, 0.3) is 0 Å². The average Bonchev–Trinajstić information content (AvgIpc) is 1.89. The summed E-state index contributed by atoms with van der Waals surface area (Å²) in [4.78, 5) is 0. The van der Waals surface area contributed by atoms with E-state index in [4.69, 9.17) is 13.6 Å². The lowest BCUT2D eigenvalue weighted by atomic mass is 9.87. The monoisotopic (exact) mass is 138 g/mol. The number of hydrogen-bond donors (Lipinski definition) is 2. The largest absolute Gasteiger partial charge is 0.395 e. The Balaban J connectivity index is 3.69. The molecule has 0 aromatic rings. The van der Waals surface area contributed by atoms with Crippen LogP contribution in [0.3, 0.4) is 0 Å². The molecule has 3 heteroatoms. The van der Waals surface area contributed by atoms with Gasteiger partial charge in [0.15, 0.2) is 0 Å². The fourth-order valence-corrected chi connectivity index (χ4v) is 0.751. The summed E-state index contributed by atoms with van der Waals surface area (Å²) in [5, 5.41) is 2.84. The molecule has 1 atom stereocenters. The van der Waals surface area contributed by atoms with Crippen LogP contribution < -0.4 is 11.1 Å². The molecule has 0 fully saturated rings. The van der Waals surface area contributed by atoms with Crippen molar-refractivity contribution in [3.05, 3.63) is 11.7 Å². The molecule has 0 saturated carbocycles. The zero-order chi connectivity index (χ0) is 7.98. The molecule has 0 rings (SSSR count). The highest BCUT2D eigenvalue weighted by Crippen LogP contribution is 2.00. The van der Waals surface area contributed by atoms with Gasteiger partial charge in [-0.15, -0.1) is 0 Å². The molecule has 2 nitrogen and oxygen atoms in total. The van der Waals surface area contributed by atoms with Gasteiger partial charge in [-0.05, 0) is 12.6 Å². The SMILES string of the molecule is [B]/C(=C/NC)C(N)CCC. The highest BCUT2D eigenvalue weighted by molar-refractivity contribution is 6.22. The second kappa shape index (κ2) is 5.36. The molecule has 0 aliphatic rings. The minimum atomic E-state index is 0.0115. The minimum Gasteiger partial charge on any atom is -0.395 e. The van der Waals surface area contributed by atoms with E-state index in [1.807, 2.05) is 7.05 Å². The molecule has 0 aromatic carbocycles. The first-order chi connectivity index (χ1) is 4.72. The van der Waals surface area contributed by atoms with E-state index in [1.165, 1.54) is 0 Å². The number of nitrogens with two attached hydrogens (primary N) is 1. The maximum Gasteiger partial charge on any atom is 0.111 e. The van der Waals surface area contributed by atoms with Gasteiger partial charge in [0.1, 0.15) is 7.85 Å². The molecular formula is C7H15BN2. The van der Waals surface area contributed by atoms with Crippen LogP contribution in [0.1, 0.15) is 19.8 Å². The summed E-state index contributed by atoms with van der Waals surface area (Å²) >= 11 is 0. The Morgan fingerprint density at radius 1 is 1.80 bits per heavy atom. The van der Waals surface area contributed by atoms with E-state index in [0.717, 1.165) is 18.3 Å². The Morgan fingerprint density at radius 3 is 2.80 bits per heavy atom. The molecule has 0 saturated heterocycles. The van der Waals surface area contributed by atoms with Gasteiger partial charge in [-0.25, -0.2) is 0 Å². The molecule has 1 unspecified atom stereocenters. The zero-order valence-electron chi connectivity index (χ0n) is 6.72. The third-order valence-electron chi connectivity index (χ3n) is 1.34. The predicted molar refractivity (Wildman–Crippen MR) is 45.8 cm³/mol. The summed E-state index contributed by atoms with van der Waals surface area (Å²) in [6.07, 6.45) is 3.75. The topological polar surface area (TPSA) is 38.0 Å². The van der Waals surface area contributed by atoms with Gasteiger partial charge in [-0.1, -0.05) is 18.8 Å². The van der Waals surface area contributed by atoms with Crippen LogP contribution in [-0.4, -0.2) is 20.9 Å². The van der Waals surface area contributed by atoms with Crippen molar-refractivity contribution in [2.45, 2.75) is 25.8 Å². The Bertz CT molecular complexity index is 112. The van der Waals surface area contributed by atoms with Gasteiger partial charge in [0.2, 0.25) is 0 Å². The third-order valence-corrected chi connectivity index (χ3v) is 1.34. The van der Waals surface area contributed by atoms with E-state index in [1.54, 1.807) is 6.20 Å². The van der Waals surface area contributed by atoms with Crippen LogP contribution in [0.5, 0.6) is 0 Å². The maximum absolute atomic E-state index is 5.68. The van der Waals surface area contributed by atoms with Crippen LogP contribution in [0.4, 0.5) is 0 Å². The van der Waals surface area contributed by atoms with E-state index in [2.05, 4.69) is 12.2 Å². The number of hydrogen-bond acceptors (Lipinski definition) is 2. The smallest absolute Gasteiger partial charge is 0.111 e. The van der Waals surface area contributed by atoms with Crippen LogP contribution in [0.15, 0.2) is 11.7 Å². The average molecular weight is 138 g/mol. The lowest BCUT2D eigenvalue weighted by Crippen LogP contribution is -2.23. The summed E-state index contributed by atoms with van der Waals surface area (Å²) in [7, 11) is 7.40. The van der Waals surface area contributed by atoms with Crippen molar-refractivity contribution >= 4 is 7.85 Å². The van der Waals surface area contributed by atoms with Gasteiger partial charge < -0.3 is 11.1 Å². The Kier molecular flexibility index (Phi) is 5.12. The standard InChI is InChI=1S/C7H15BN2/c1-3-4-7(9)6(8)5-10-2/h5,7,10H,3-4,9H2,1-2H3/b6-5+. The summed E-state index contributed by atoms with van der Waals surface area (Å²) in [5.74, 6) is 0. The van der Waals surface area contributed by atoms with E-state index < -0.39 is 0 Å². The zero-order valence-corrected chi connectivity index (χ0v) is 6.72. The second-order valence-electron chi connectivity index (χ2n) is 2.33. The predicted octanol–water partition coefficient (Wildman–Crippen LogP) is 0.343. The van der Waals surface area contributed by atoms with Crippen LogP contribution in [0, 0.1) is 0 Å². The number of rotatable bonds is 4. The highest BCUT2D eigenvalue weighted by Gasteiger charge is 2.00. The van der Waals surface area contributed by atoms with Gasteiger partial charge in [0, 0.05) is 13.1 Å². The molecule has 0 bridgehead atoms. The van der Waals surface area contributed by atoms with Crippen molar-refractivity contribution in [2.24, 2.45) is 5.73 Å². The lowest BCUT2D eigenvalue weighted by Gasteiger charge is -2.10. The fraction of sp³-hybridized carbons (Fsp3) is 0.714. The highest BCUT2D eigenvalue weighted by atomic mass is 14.8. The lowest BCUT2D eigenvalue weighted by molar-refractivity contribution is 0.691. The molecule has 56 valence electrons. The Labute approximate surface area is 64.3 Å². The van der Waals surface area contributed by atoms with Gasteiger partial charge in [-0.2, -0.15) is 0 Å². The molecule has 0 amide bonds. The molecule has 0 spiro atoms. The fourth-order valence-electron chi connectivity index (χ4n) is 0.751. The molecule has 2 radical (unpaired) electrons. The first-order valence-corrected chi connectivity index (χ1v) is 3.60. The van der Waals surface area contributed by atoms with Crippen molar-refractivity contribution in [3.63, 3.8) is 0 Å². The second-order valence-corrected chi connectivity index (χ2v) is 2.33. The maximum atomic E-state index is 5.68. The van der Waals surface area contributed by atoms with E-state index in [-0.39, 0.29) is 6.04 Å². The van der Waals surface area contributed by atoms with Crippen molar-refractivity contribution in [2.75, 3.05) is 7.05 Å². The molecule has 0 aliphatic carbocycles. The van der Waals surface area contributed by atoms with Crippen molar-refractivity contribution in [3.8, 4) is 0 Å². The molecule has 3 N–H and O–H groups in total. The molecule has 0 heterocycles. The van der Waals surface area contributed by atoms with Gasteiger partial charge in [-0.3, -0.25) is 0 Å². The van der Waals surface area contributed by atoms with Gasteiger partial charge in [0.05, 0.1) is 0 Å². The Hall–Kier alpha value is -0.435. The van der Waals surface area contributed by atoms with E-state index in [9.17, 15) is 0 Å². The van der Waals surface area contributed by atoms with E-state index >= 15 is 0 Å². The Morgan fingerprint density at radius 2 is 2.40 bits per heavy atom. The van der Waals surface area contributed by atoms with Crippen molar-refractivity contribution in [1.82, 2.24) is 5.32 Å². The molecule has 10 heavy (non-hydrogen) atoms. The van der Waals surface area contributed by atoms with Crippen LogP contribution in [-0.2, 0) is 0 Å². The first kappa shape index (κ1) is 9.56. The molecule has 0 aliphatic heterocycles. The van der Waals surface area contributed by atoms with Crippen LogP contribution >= 0.6 is 0 Å². The minimum absolute atomic E-state index is 0.0115. The van der Waals surface area contributed by atoms with Crippen molar-refractivity contribution in [1.29, 1.82) is 0 Å². The molecule has 0 aromatic heterocycles. The normalized spacial score (nSPS) is 14.9.